The number of fused-ring (bicyclic) bond motifs is 3. The van der Waals surface area contributed by atoms with Crippen LogP contribution in [0.5, 0.6) is 0 Å². The van der Waals surface area contributed by atoms with E-state index >= 15 is 0 Å². The second-order valence-corrected chi connectivity index (χ2v) is 13.8. The molecule has 4 rings (SSSR count). The van der Waals surface area contributed by atoms with Crippen LogP contribution in [0.4, 0.5) is 0 Å². The van der Waals surface area contributed by atoms with Crippen molar-refractivity contribution in [2.45, 2.75) is 108 Å². The number of carbonyl (C=O) groups is 3. The largest absolute Gasteiger partial charge is 0.465 e. The van der Waals surface area contributed by atoms with Crippen LogP contribution < -0.4 is 4.72 Å². The lowest BCUT2D eigenvalue weighted by Crippen LogP contribution is -2.47. The molecule has 0 aliphatic heterocycles. The highest BCUT2D eigenvalue weighted by atomic mass is 32.2. The number of benzene rings is 3. The van der Waals surface area contributed by atoms with Crippen LogP contribution in [0.25, 0.3) is 11.1 Å². The number of esters is 2. The first-order valence-electron chi connectivity index (χ1n) is 17.0. The molecule has 0 bridgehead atoms. The number of carbonyl (C=O) groups excluding carboxylic acids is 3. The van der Waals surface area contributed by atoms with Gasteiger partial charge in [0, 0.05) is 17.5 Å². The number of unbranched alkanes of at least 4 members (excludes halogenated alkanes) is 10. The van der Waals surface area contributed by atoms with Gasteiger partial charge in [0.1, 0.15) is 0 Å². The van der Waals surface area contributed by atoms with E-state index < -0.39 is 34.1 Å². The molecular formula is C38H47NO7S. The Bertz CT molecular complexity index is 1600. The molecule has 0 unspecified atom stereocenters. The van der Waals surface area contributed by atoms with E-state index in [9.17, 15) is 22.8 Å². The van der Waals surface area contributed by atoms with E-state index in [2.05, 4.69) is 11.6 Å². The molecule has 1 aliphatic rings. The lowest BCUT2D eigenvalue weighted by molar-refractivity contribution is -0.158. The van der Waals surface area contributed by atoms with Crippen LogP contribution in [0.1, 0.15) is 118 Å². The summed E-state index contributed by atoms with van der Waals surface area (Å²) in [5, 5.41) is 0. The van der Waals surface area contributed by atoms with E-state index in [1.54, 1.807) is 55.5 Å². The molecule has 0 spiro atoms. The van der Waals surface area contributed by atoms with Crippen molar-refractivity contribution in [1.29, 1.82) is 0 Å². The molecule has 252 valence electrons. The van der Waals surface area contributed by atoms with Crippen LogP contribution in [0.2, 0.25) is 0 Å². The number of hydrogen-bond donors (Lipinski definition) is 1. The minimum absolute atomic E-state index is 0.00311. The Morgan fingerprint density at radius 3 is 1.91 bits per heavy atom. The molecule has 0 radical (unpaired) electrons. The lowest BCUT2D eigenvalue weighted by atomic mass is 10.0. The van der Waals surface area contributed by atoms with Gasteiger partial charge in [0.15, 0.2) is 17.9 Å². The first-order valence-corrected chi connectivity index (χ1v) is 18.5. The highest BCUT2D eigenvalue weighted by Crippen LogP contribution is 2.37. The summed E-state index contributed by atoms with van der Waals surface area (Å²) in [6.45, 7) is 3.83. The summed E-state index contributed by atoms with van der Waals surface area (Å²) < 4.78 is 41.1. The van der Waals surface area contributed by atoms with E-state index in [0.29, 0.717) is 23.1 Å². The summed E-state index contributed by atoms with van der Waals surface area (Å²) in [4.78, 5) is 39.3. The smallest absolute Gasteiger partial charge is 0.328 e. The molecule has 0 amide bonds. The number of hydrogen-bond acceptors (Lipinski definition) is 7. The fraction of sp³-hybridized carbons (Fsp3) is 0.447. The van der Waals surface area contributed by atoms with Crippen LogP contribution in [0.15, 0.2) is 77.7 Å². The molecule has 2 atom stereocenters. The molecule has 47 heavy (non-hydrogen) atoms. The van der Waals surface area contributed by atoms with Crippen molar-refractivity contribution in [3.63, 3.8) is 0 Å². The van der Waals surface area contributed by atoms with Gasteiger partial charge in [-0.3, -0.25) is 14.4 Å². The zero-order chi connectivity index (χ0) is 33.6. The van der Waals surface area contributed by atoms with Crippen molar-refractivity contribution in [1.82, 2.24) is 4.72 Å². The van der Waals surface area contributed by atoms with Gasteiger partial charge in [-0.05, 0) is 42.2 Å². The average molecular weight is 662 g/mol. The monoisotopic (exact) mass is 661 g/mol. The lowest BCUT2D eigenvalue weighted by Gasteiger charge is -2.27. The Labute approximate surface area is 279 Å². The van der Waals surface area contributed by atoms with E-state index in [1.165, 1.54) is 57.1 Å². The van der Waals surface area contributed by atoms with Crippen LogP contribution in [-0.2, 0) is 29.1 Å². The number of sulfonamides is 1. The molecule has 0 aromatic heterocycles. The summed E-state index contributed by atoms with van der Waals surface area (Å²) in [5.41, 5.74) is 2.59. The predicted molar refractivity (Wildman–Crippen MR) is 182 cm³/mol. The average Bonchev–Trinajstić information content (AvgIpc) is 3.36. The van der Waals surface area contributed by atoms with E-state index in [-0.39, 0.29) is 29.3 Å². The highest BCUT2D eigenvalue weighted by Gasteiger charge is 2.38. The highest BCUT2D eigenvalue weighted by molar-refractivity contribution is 7.89. The minimum atomic E-state index is -4.38. The first-order chi connectivity index (χ1) is 22.8. The normalized spacial score (nSPS) is 13.4. The number of ketones is 1. The summed E-state index contributed by atoms with van der Waals surface area (Å²) in [6, 6.07) is 18.4. The minimum Gasteiger partial charge on any atom is -0.465 e. The molecular weight excluding hydrogens is 614 g/mol. The van der Waals surface area contributed by atoms with E-state index in [0.717, 1.165) is 24.8 Å². The third-order valence-corrected chi connectivity index (χ3v) is 9.94. The molecule has 0 saturated carbocycles. The molecule has 8 nitrogen and oxygen atoms in total. The SMILES string of the molecule is CCCCCCCCCCCCCC(=O)O[C@H](c1ccccc1)[C@@H](NS(=O)(=O)c1ccc2c(c1)C(=O)c1ccccc1-2)C(=O)OCC. The van der Waals surface area contributed by atoms with Gasteiger partial charge in [-0.15, -0.1) is 0 Å². The van der Waals surface area contributed by atoms with Crippen LogP contribution in [0.3, 0.4) is 0 Å². The Hall–Kier alpha value is -3.82. The maximum absolute atomic E-state index is 13.8. The Morgan fingerprint density at radius 2 is 1.28 bits per heavy atom. The van der Waals surface area contributed by atoms with Crippen molar-refractivity contribution in [3.8, 4) is 11.1 Å². The van der Waals surface area contributed by atoms with Crippen LogP contribution >= 0.6 is 0 Å². The standard InChI is InChI=1S/C38H47NO7S/c1-3-5-6-7-8-9-10-11-12-13-17-24-34(40)46-37(28-20-15-14-16-21-28)35(38(42)45-4-2)39-47(43,44)29-25-26-31-30-22-18-19-23-32(30)36(41)33(31)27-29/h14-16,18-23,25-27,35,37,39H,3-13,17,24H2,1-2H3/t35-,37-/m1/s1. The summed E-state index contributed by atoms with van der Waals surface area (Å²) >= 11 is 0. The van der Waals surface area contributed by atoms with Gasteiger partial charge in [-0.1, -0.05) is 132 Å². The molecule has 0 heterocycles. The Morgan fingerprint density at radius 1 is 0.702 bits per heavy atom. The molecule has 0 fully saturated rings. The van der Waals surface area contributed by atoms with Crippen molar-refractivity contribution in [2.75, 3.05) is 6.61 Å². The number of nitrogens with one attached hydrogen (secondary N) is 1. The molecule has 0 saturated heterocycles. The van der Waals surface area contributed by atoms with Gasteiger partial charge < -0.3 is 9.47 Å². The van der Waals surface area contributed by atoms with Gasteiger partial charge in [-0.2, -0.15) is 4.72 Å². The van der Waals surface area contributed by atoms with Crippen molar-refractivity contribution >= 4 is 27.7 Å². The predicted octanol–water partition coefficient (Wildman–Crippen LogP) is 8.09. The van der Waals surface area contributed by atoms with Gasteiger partial charge in [-0.25, -0.2) is 8.42 Å². The topological polar surface area (TPSA) is 116 Å². The third-order valence-electron chi connectivity index (χ3n) is 8.50. The maximum atomic E-state index is 13.8. The molecule has 1 N–H and O–H groups in total. The molecule has 1 aliphatic carbocycles. The zero-order valence-corrected chi connectivity index (χ0v) is 28.4. The second kappa shape index (κ2) is 17.9. The number of ether oxygens (including phenoxy) is 2. The maximum Gasteiger partial charge on any atom is 0.328 e. The van der Waals surface area contributed by atoms with Crippen LogP contribution in [-0.4, -0.2) is 38.8 Å². The third kappa shape index (κ3) is 9.84. The molecule has 3 aromatic rings. The van der Waals surface area contributed by atoms with E-state index in [4.69, 9.17) is 9.47 Å². The Kier molecular flexibility index (Phi) is 13.7. The van der Waals surface area contributed by atoms with Gasteiger partial charge in [0.2, 0.25) is 10.0 Å². The fourth-order valence-electron chi connectivity index (χ4n) is 5.98. The van der Waals surface area contributed by atoms with Crippen molar-refractivity contribution < 1.29 is 32.3 Å². The van der Waals surface area contributed by atoms with Crippen molar-refractivity contribution in [2.24, 2.45) is 0 Å². The quantitative estimate of drug-likeness (QED) is 0.0752. The van der Waals surface area contributed by atoms with Crippen molar-refractivity contribution in [3.05, 3.63) is 89.5 Å². The summed E-state index contributed by atoms with van der Waals surface area (Å²) in [6.07, 6.45) is 11.4. The molecule has 3 aromatic carbocycles. The summed E-state index contributed by atoms with van der Waals surface area (Å²) in [7, 11) is -4.38. The second-order valence-electron chi connectivity index (χ2n) is 12.0. The van der Waals surface area contributed by atoms with Crippen LogP contribution in [0, 0.1) is 0 Å². The van der Waals surface area contributed by atoms with Gasteiger partial charge in [0.05, 0.1) is 11.5 Å². The van der Waals surface area contributed by atoms with E-state index in [1.807, 2.05) is 12.1 Å². The summed E-state index contributed by atoms with van der Waals surface area (Å²) in [5.74, 6) is -1.67. The first kappa shape index (κ1) is 36.0. The zero-order valence-electron chi connectivity index (χ0n) is 27.5. The van der Waals surface area contributed by atoms with Gasteiger partial charge >= 0.3 is 11.9 Å². The fourth-order valence-corrected chi connectivity index (χ4v) is 7.19. The Balaban J connectivity index is 1.44. The number of rotatable bonds is 20. The van der Waals surface area contributed by atoms with Gasteiger partial charge in [0.25, 0.3) is 0 Å². The molecule has 9 heteroatoms.